The molecule has 0 aromatic heterocycles. The van der Waals surface area contributed by atoms with Gasteiger partial charge in [0.25, 0.3) is 0 Å². The van der Waals surface area contributed by atoms with Crippen LogP contribution in [-0.2, 0) is 12.8 Å². The van der Waals surface area contributed by atoms with Crippen LogP contribution in [-0.4, -0.2) is 19.1 Å². The van der Waals surface area contributed by atoms with E-state index < -0.39 is 0 Å². The molecule has 1 aliphatic heterocycles. The maximum Gasteiger partial charge on any atom is 0.0372 e. The molecule has 1 fully saturated rings. The summed E-state index contributed by atoms with van der Waals surface area (Å²) in [6, 6.07) is 7.73. The summed E-state index contributed by atoms with van der Waals surface area (Å²) in [6.45, 7) is 4.66. The van der Waals surface area contributed by atoms with Gasteiger partial charge in [-0.3, -0.25) is 0 Å². The molecular formula is C18H28N2. The number of hydrogen-bond donors (Lipinski definition) is 2. The molecule has 2 aliphatic rings. The molecule has 0 radical (unpaired) electrons. The van der Waals surface area contributed by atoms with Gasteiger partial charge in [0.2, 0.25) is 0 Å². The van der Waals surface area contributed by atoms with E-state index in [0.29, 0.717) is 0 Å². The molecule has 20 heavy (non-hydrogen) atoms. The molecule has 0 amide bonds. The Kier molecular flexibility index (Phi) is 4.62. The quantitative estimate of drug-likeness (QED) is 0.872. The minimum absolute atomic E-state index is 0.753. The van der Waals surface area contributed by atoms with Gasteiger partial charge < -0.3 is 10.6 Å². The predicted molar refractivity (Wildman–Crippen MR) is 86.4 cm³/mol. The summed E-state index contributed by atoms with van der Waals surface area (Å²) >= 11 is 0. The van der Waals surface area contributed by atoms with Crippen LogP contribution in [0, 0.1) is 5.92 Å². The van der Waals surface area contributed by atoms with Gasteiger partial charge in [-0.2, -0.15) is 0 Å². The van der Waals surface area contributed by atoms with E-state index in [-0.39, 0.29) is 0 Å². The Morgan fingerprint density at radius 1 is 1.20 bits per heavy atom. The molecule has 1 aliphatic carbocycles. The molecule has 1 aromatic carbocycles. The second-order valence-corrected chi connectivity index (χ2v) is 6.59. The van der Waals surface area contributed by atoms with Crippen LogP contribution >= 0.6 is 0 Å². The summed E-state index contributed by atoms with van der Waals surface area (Å²) in [6.07, 6.45) is 9.29. The highest BCUT2D eigenvalue weighted by atomic mass is 14.9. The molecule has 0 saturated heterocycles. The lowest BCUT2D eigenvalue weighted by atomic mass is 9.86. The van der Waals surface area contributed by atoms with Gasteiger partial charge in [0.1, 0.15) is 0 Å². The average Bonchev–Trinajstić information content (AvgIpc) is 2.49. The van der Waals surface area contributed by atoms with Gasteiger partial charge in [-0.05, 0) is 61.8 Å². The van der Waals surface area contributed by atoms with Crippen molar-refractivity contribution in [2.75, 3.05) is 18.4 Å². The minimum Gasteiger partial charge on any atom is -0.385 e. The third kappa shape index (κ3) is 3.35. The SMILES string of the molecule is CC1CCCCC1NCCc1ccc2c(c1)CCCN2. The van der Waals surface area contributed by atoms with Crippen molar-refractivity contribution in [1.29, 1.82) is 0 Å². The largest absolute Gasteiger partial charge is 0.385 e. The van der Waals surface area contributed by atoms with Crippen LogP contribution in [0.2, 0.25) is 0 Å². The lowest BCUT2D eigenvalue weighted by molar-refractivity contribution is 0.282. The highest BCUT2D eigenvalue weighted by Crippen LogP contribution is 2.24. The fraction of sp³-hybridized carbons (Fsp3) is 0.667. The zero-order valence-electron chi connectivity index (χ0n) is 12.8. The van der Waals surface area contributed by atoms with E-state index >= 15 is 0 Å². The summed E-state index contributed by atoms with van der Waals surface area (Å²) in [4.78, 5) is 0. The number of benzene rings is 1. The first kappa shape index (κ1) is 13.9. The van der Waals surface area contributed by atoms with Crippen molar-refractivity contribution in [2.24, 2.45) is 5.92 Å². The van der Waals surface area contributed by atoms with Crippen molar-refractivity contribution in [3.8, 4) is 0 Å². The fourth-order valence-corrected chi connectivity index (χ4v) is 3.71. The Labute approximate surface area is 123 Å². The van der Waals surface area contributed by atoms with Gasteiger partial charge >= 0.3 is 0 Å². The second kappa shape index (κ2) is 6.62. The number of aryl methyl sites for hydroxylation is 1. The average molecular weight is 272 g/mol. The summed E-state index contributed by atoms with van der Waals surface area (Å²) in [5.74, 6) is 0.858. The van der Waals surface area contributed by atoms with Gasteiger partial charge in [0.05, 0.1) is 0 Å². The van der Waals surface area contributed by atoms with Crippen molar-refractivity contribution in [1.82, 2.24) is 5.32 Å². The number of anilines is 1. The van der Waals surface area contributed by atoms with Crippen LogP contribution < -0.4 is 10.6 Å². The number of fused-ring (bicyclic) bond motifs is 1. The second-order valence-electron chi connectivity index (χ2n) is 6.59. The van der Waals surface area contributed by atoms with E-state index in [1.165, 1.54) is 55.3 Å². The monoisotopic (exact) mass is 272 g/mol. The zero-order chi connectivity index (χ0) is 13.8. The van der Waals surface area contributed by atoms with Gasteiger partial charge in [-0.25, -0.2) is 0 Å². The molecule has 2 N–H and O–H groups in total. The number of hydrogen-bond acceptors (Lipinski definition) is 2. The Hall–Kier alpha value is -1.02. The summed E-state index contributed by atoms with van der Waals surface area (Å²) < 4.78 is 0. The highest BCUT2D eigenvalue weighted by Gasteiger charge is 2.20. The molecule has 2 unspecified atom stereocenters. The van der Waals surface area contributed by atoms with Crippen LogP contribution in [0.4, 0.5) is 5.69 Å². The van der Waals surface area contributed by atoms with Gasteiger partial charge in [0.15, 0.2) is 0 Å². The summed E-state index contributed by atoms with van der Waals surface area (Å²) in [7, 11) is 0. The Bertz CT molecular complexity index is 441. The molecule has 1 aromatic rings. The minimum atomic E-state index is 0.753. The Balaban J connectivity index is 1.50. The molecule has 2 heteroatoms. The third-order valence-electron chi connectivity index (χ3n) is 5.04. The normalized spacial score (nSPS) is 25.9. The van der Waals surface area contributed by atoms with Crippen molar-refractivity contribution in [3.05, 3.63) is 29.3 Å². The predicted octanol–water partition coefficient (Wildman–Crippen LogP) is 3.76. The standard InChI is InChI=1S/C18H28N2/c1-14-5-2-3-7-17(14)20-12-10-15-8-9-18-16(13-15)6-4-11-19-18/h8-9,13-14,17,19-20H,2-7,10-12H2,1H3. The van der Waals surface area contributed by atoms with Gasteiger partial charge in [0, 0.05) is 18.3 Å². The van der Waals surface area contributed by atoms with Crippen LogP contribution in [0.1, 0.15) is 50.2 Å². The van der Waals surface area contributed by atoms with E-state index in [1.807, 2.05) is 0 Å². The Morgan fingerprint density at radius 3 is 3.00 bits per heavy atom. The van der Waals surface area contributed by atoms with Crippen LogP contribution in [0.5, 0.6) is 0 Å². The molecule has 3 rings (SSSR count). The molecule has 1 heterocycles. The molecular weight excluding hydrogens is 244 g/mol. The van der Waals surface area contributed by atoms with E-state index in [9.17, 15) is 0 Å². The van der Waals surface area contributed by atoms with E-state index in [2.05, 4.69) is 35.8 Å². The first-order valence-corrected chi connectivity index (χ1v) is 8.42. The van der Waals surface area contributed by atoms with E-state index in [0.717, 1.165) is 31.5 Å². The van der Waals surface area contributed by atoms with Crippen molar-refractivity contribution >= 4 is 5.69 Å². The topological polar surface area (TPSA) is 24.1 Å². The maximum absolute atomic E-state index is 3.78. The fourth-order valence-electron chi connectivity index (χ4n) is 3.71. The number of rotatable bonds is 4. The zero-order valence-corrected chi connectivity index (χ0v) is 12.8. The van der Waals surface area contributed by atoms with Crippen molar-refractivity contribution < 1.29 is 0 Å². The van der Waals surface area contributed by atoms with E-state index in [4.69, 9.17) is 0 Å². The lowest BCUT2D eigenvalue weighted by Gasteiger charge is -2.29. The highest BCUT2D eigenvalue weighted by molar-refractivity contribution is 5.54. The molecule has 2 atom stereocenters. The first-order valence-electron chi connectivity index (χ1n) is 8.42. The number of nitrogens with one attached hydrogen (secondary N) is 2. The third-order valence-corrected chi connectivity index (χ3v) is 5.04. The lowest BCUT2D eigenvalue weighted by Crippen LogP contribution is -2.38. The van der Waals surface area contributed by atoms with Gasteiger partial charge in [-0.1, -0.05) is 31.9 Å². The van der Waals surface area contributed by atoms with Crippen LogP contribution in [0.3, 0.4) is 0 Å². The maximum atomic E-state index is 3.78. The molecule has 1 saturated carbocycles. The molecule has 2 nitrogen and oxygen atoms in total. The molecule has 0 spiro atoms. The molecule has 110 valence electrons. The van der Waals surface area contributed by atoms with E-state index in [1.54, 1.807) is 0 Å². The smallest absolute Gasteiger partial charge is 0.0372 e. The Morgan fingerprint density at radius 2 is 2.10 bits per heavy atom. The van der Waals surface area contributed by atoms with Crippen molar-refractivity contribution in [2.45, 2.75) is 57.9 Å². The summed E-state index contributed by atoms with van der Waals surface area (Å²) in [5, 5.41) is 7.27. The summed E-state index contributed by atoms with van der Waals surface area (Å²) in [5.41, 5.74) is 4.36. The van der Waals surface area contributed by atoms with Crippen LogP contribution in [0.25, 0.3) is 0 Å². The van der Waals surface area contributed by atoms with Crippen LogP contribution in [0.15, 0.2) is 18.2 Å². The first-order chi connectivity index (χ1) is 9.83. The van der Waals surface area contributed by atoms with Crippen molar-refractivity contribution in [3.63, 3.8) is 0 Å². The molecule has 0 bridgehead atoms. The van der Waals surface area contributed by atoms with Gasteiger partial charge in [-0.15, -0.1) is 0 Å².